The molecule has 22 heavy (non-hydrogen) atoms. The van der Waals surface area contributed by atoms with Gasteiger partial charge in [-0.25, -0.2) is 0 Å². The van der Waals surface area contributed by atoms with Gasteiger partial charge < -0.3 is 0 Å². The molecule has 0 N–H and O–H groups in total. The van der Waals surface area contributed by atoms with Crippen molar-refractivity contribution in [2.24, 2.45) is 11.8 Å². The quantitative estimate of drug-likeness (QED) is 0.575. The molecular weight excluding hydrogens is 264 g/mol. The van der Waals surface area contributed by atoms with Crippen LogP contribution in [-0.2, 0) is 0 Å². The lowest BCUT2D eigenvalue weighted by molar-refractivity contribution is 0.321. The third-order valence-electron chi connectivity index (χ3n) is 5.85. The molecule has 1 aromatic carbocycles. The molecule has 0 saturated carbocycles. The van der Waals surface area contributed by atoms with Crippen molar-refractivity contribution in [2.75, 3.05) is 0 Å². The van der Waals surface area contributed by atoms with Gasteiger partial charge in [0.25, 0.3) is 0 Å². The summed E-state index contributed by atoms with van der Waals surface area (Å²) in [6, 6.07) is 9.12. The molecule has 0 bridgehead atoms. The van der Waals surface area contributed by atoms with Gasteiger partial charge in [-0.2, -0.15) is 0 Å². The summed E-state index contributed by atoms with van der Waals surface area (Å²) in [5.74, 6) is 2.22. The first-order valence-corrected chi connectivity index (χ1v) is 9.04. The molecule has 3 aliphatic carbocycles. The molecule has 0 nitrogen and oxygen atoms in total. The summed E-state index contributed by atoms with van der Waals surface area (Å²) >= 11 is 0. The van der Waals surface area contributed by atoms with Crippen molar-refractivity contribution < 1.29 is 0 Å². The van der Waals surface area contributed by atoms with E-state index >= 15 is 0 Å². The number of benzene rings is 1. The Morgan fingerprint density at radius 3 is 2.95 bits per heavy atom. The second-order valence-corrected chi connectivity index (χ2v) is 7.14. The molecule has 0 spiro atoms. The highest BCUT2D eigenvalue weighted by Gasteiger charge is 2.39. The van der Waals surface area contributed by atoms with Gasteiger partial charge in [-0.1, -0.05) is 67.5 Å². The van der Waals surface area contributed by atoms with Crippen molar-refractivity contribution in [1.29, 1.82) is 0 Å². The minimum atomic E-state index is 0.651. The van der Waals surface area contributed by atoms with Crippen molar-refractivity contribution in [3.63, 3.8) is 0 Å². The summed E-state index contributed by atoms with van der Waals surface area (Å²) in [7, 11) is 0. The van der Waals surface area contributed by atoms with Crippen molar-refractivity contribution in [3.05, 3.63) is 65.3 Å². The second kappa shape index (κ2) is 5.91. The predicted molar refractivity (Wildman–Crippen MR) is 94.7 cm³/mol. The van der Waals surface area contributed by atoms with Gasteiger partial charge in [0.2, 0.25) is 0 Å². The highest BCUT2D eigenvalue weighted by atomic mass is 14.4. The van der Waals surface area contributed by atoms with E-state index in [1.165, 1.54) is 44.1 Å². The zero-order valence-electron chi connectivity index (χ0n) is 13.6. The van der Waals surface area contributed by atoms with Crippen molar-refractivity contribution >= 4 is 5.57 Å². The zero-order chi connectivity index (χ0) is 14.9. The number of fused-ring (bicyclic) bond motifs is 6. The molecule has 0 fully saturated rings. The first-order valence-electron chi connectivity index (χ1n) is 9.04. The lowest BCUT2D eigenvalue weighted by Gasteiger charge is -2.43. The zero-order valence-corrected chi connectivity index (χ0v) is 13.6. The Morgan fingerprint density at radius 1 is 1.14 bits per heavy atom. The van der Waals surface area contributed by atoms with Gasteiger partial charge in [0, 0.05) is 5.92 Å². The summed E-state index contributed by atoms with van der Waals surface area (Å²) in [6.45, 7) is 2.30. The molecule has 114 valence electrons. The standard InChI is InChI=1S/C22H26/c1-2-3-8-16-13-14-21-19-11-5-4-9-17(19)18-10-6-7-12-20(18)22(21)15-16/h4-6,9-11,13-14,18,20,22H,2-3,7-8,12,15H2,1H3/t18?,20-,22?/m0/s1. The van der Waals surface area contributed by atoms with Gasteiger partial charge in [0.1, 0.15) is 0 Å². The van der Waals surface area contributed by atoms with Gasteiger partial charge in [0.05, 0.1) is 0 Å². The summed E-state index contributed by atoms with van der Waals surface area (Å²) < 4.78 is 0. The molecular formula is C22H26. The summed E-state index contributed by atoms with van der Waals surface area (Å²) in [6.07, 6.45) is 17.6. The molecule has 0 aliphatic heterocycles. The minimum absolute atomic E-state index is 0.651. The van der Waals surface area contributed by atoms with E-state index in [4.69, 9.17) is 0 Å². The maximum atomic E-state index is 2.49. The van der Waals surface area contributed by atoms with Gasteiger partial charge >= 0.3 is 0 Å². The molecule has 3 atom stereocenters. The number of rotatable bonds is 3. The van der Waals surface area contributed by atoms with Crippen molar-refractivity contribution in [3.8, 4) is 0 Å². The van der Waals surface area contributed by atoms with Crippen LogP contribution in [0.4, 0.5) is 0 Å². The Bertz CT molecular complexity index is 644. The van der Waals surface area contributed by atoms with E-state index in [1.54, 1.807) is 16.7 Å². The second-order valence-electron chi connectivity index (χ2n) is 7.14. The number of hydrogen-bond acceptors (Lipinski definition) is 0. The van der Waals surface area contributed by atoms with Crippen LogP contribution in [0.15, 0.2) is 54.1 Å². The molecule has 2 unspecified atom stereocenters. The Kier molecular flexibility index (Phi) is 3.78. The lowest BCUT2D eigenvalue weighted by Crippen LogP contribution is -2.31. The van der Waals surface area contributed by atoms with Gasteiger partial charge in [-0.3, -0.25) is 0 Å². The Labute approximate surface area is 134 Å². The molecule has 0 amide bonds. The summed E-state index contributed by atoms with van der Waals surface area (Å²) in [5.41, 5.74) is 6.39. The molecule has 1 aromatic rings. The molecule has 0 heteroatoms. The third kappa shape index (κ3) is 2.29. The maximum absolute atomic E-state index is 2.49. The Morgan fingerprint density at radius 2 is 2.05 bits per heavy atom. The topological polar surface area (TPSA) is 0 Å². The van der Waals surface area contributed by atoms with E-state index < -0.39 is 0 Å². The van der Waals surface area contributed by atoms with Crippen LogP contribution in [0.5, 0.6) is 0 Å². The monoisotopic (exact) mass is 290 g/mol. The smallest absolute Gasteiger partial charge is 0.00583 e. The molecule has 3 aliphatic rings. The number of unbranched alkanes of at least 4 members (excludes halogenated alkanes) is 1. The van der Waals surface area contributed by atoms with Crippen LogP contribution < -0.4 is 0 Å². The first-order chi connectivity index (χ1) is 10.9. The van der Waals surface area contributed by atoms with Gasteiger partial charge in [-0.15, -0.1) is 0 Å². The molecule has 0 saturated heterocycles. The largest absolute Gasteiger partial charge is 0.0879 e. The van der Waals surface area contributed by atoms with Crippen LogP contribution in [-0.4, -0.2) is 0 Å². The van der Waals surface area contributed by atoms with Crippen LogP contribution in [0, 0.1) is 11.8 Å². The normalized spacial score (nSPS) is 29.0. The highest BCUT2D eigenvalue weighted by Crippen LogP contribution is 2.53. The average Bonchev–Trinajstić information content (AvgIpc) is 2.60. The fourth-order valence-corrected chi connectivity index (χ4v) is 4.74. The van der Waals surface area contributed by atoms with E-state index in [2.05, 4.69) is 55.5 Å². The van der Waals surface area contributed by atoms with Gasteiger partial charge in [0.15, 0.2) is 0 Å². The number of hydrogen-bond donors (Lipinski definition) is 0. The average molecular weight is 290 g/mol. The van der Waals surface area contributed by atoms with E-state index in [9.17, 15) is 0 Å². The molecule has 0 heterocycles. The van der Waals surface area contributed by atoms with E-state index in [0.717, 1.165) is 11.8 Å². The number of allylic oxidation sites excluding steroid dienone is 6. The minimum Gasteiger partial charge on any atom is -0.0879 e. The Hall–Kier alpha value is -1.56. The maximum Gasteiger partial charge on any atom is 0.00583 e. The van der Waals surface area contributed by atoms with Gasteiger partial charge in [-0.05, 0) is 60.6 Å². The SMILES string of the molecule is CCCCC1=CC=C2c3ccccc3C3C=CCC[C@@H]3C2C1. The predicted octanol–water partition coefficient (Wildman–Crippen LogP) is 6.27. The van der Waals surface area contributed by atoms with Crippen LogP contribution in [0.3, 0.4) is 0 Å². The fraction of sp³-hybridized carbons (Fsp3) is 0.455. The molecule has 4 rings (SSSR count). The van der Waals surface area contributed by atoms with E-state index in [1.807, 2.05) is 0 Å². The molecule has 0 radical (unpaired) electrons. The van der Waals surface area contributed by atoms with Crippen LogP contribution >= 0.6 is 0 Å². The highest BCUT2D eigenvalue weighted by molar-refractivity contribution is 5.76. The fourth-order valence-electron chi connectivity index (χ4n) is 4.74. The van der Waals surface area contributed by atoms with Crippen LogP contribution in [0.1, 0.15) is 62.5 Å². The van der Waals surface area contributed by atoms with Crippen LogP contribution in [0.25, 0.3) is 5.57 Å². The lowest BCUT2D eigenvalue weighted by atomic mass is 9.60. The summed E-state index contributed by atoms with van der Waals surface area (Å²) in [4.78, 5) is 0. The van der Waals surface area contributed by atoms with E-state index in [0.29, 0.717) is 5.92 Å². The summed E-state index contributed by atoms with van der Waals surface area (Å²) in [5, 5.41) is 0. The van der Waals surface area contributed by atoms with Crippen molar-refractivity contribution in [1.82, 2.24) is 0 Å². The van der Waals surface area contributed by atoms with Crippen molar-refractivity contribution in [2.45, 2.75) is 51.4 Å². The van der Waals surface area contributed by atoms with Crippen LogP contribution in [0.2, 0.25) is 0 Å². The first kappa shape index (κ1) is 14.1. The third-order valence-corrected chi connectivity index (χ3v) is 5.85. The Balaban J connectivity index is 1.76. The van der Waals surface area contributed by atoms with E-state index in [-0.39, 0.29) is 0 Å². The molecule has 0 aromatic heterocycles.